The van der Waals surface area contributed by atoms with Crippen LogP contribution >= 0.6 is 0 Å². The average molecular weight is 294 g/mol. The molecule has 1 spiro atoms. The summed E-state index contributed by atoms with van der Waals surface area (Å²) in [5, 5.41) is 0. The van der Waals surface area contributed by atoms with Crippen LogP contribution in [-0.2, 0) is 9.59 Å². The first-order valence-electron chi connectivity index (χ1n) is 9.22. The molecule has 0 aliphatic heterocycles. The molecule has 22 heavy (non-hydrogen) atoms. The number of carbonyl (C=O) groups is 2. The number of hydrogen-bond acceptors (Lipinski definition) is 2. The number of carbonyl (C=O) groups excluding carboxylic acids is 2. The molecule has 2 heteroatoms. The third-order valence-electron chi connectivity index (χ3n) is 8.26. The predicted octanol–water partition coefficient (Wildman–Crippen LogP) is 3.47. The van der Waals surface area contributed by atoms with Crippen LogP contribution in [0.5, 0.6) is 0 Å². The molecule has 0 aromatic carbocycles. The third kappa shape index (κ3) is 1.10. The van der Waals surface area contributed by atoms with E-state index in [4.69, 9.17) is 0 Å². The standard InChI is InChI=1S/C20H22O2/c21-12-5-6-13(22)17-16(12)18-14-10-3-4-11(9-10)15(14)19(17)20(18)7-1-2-8-20/h5-6,10-11,16-19H,1-4,7-9H2/t10-,11-,16-,17-,18+,19+/m0/s1. The average Bonchev–Trinajstić information content (AvgIpc) is 3.30. The second-order valence-electron chi connectivity index (χ2n) is 8.70. The number of hydrogen-bond donors (Lipinski definition) is 0. The Morgan fingerprint density at radius 2 is 1.32 bits per heavy atom. The van der Waals surface area contributed by atoms with Crippen LogP contribution in [0.1, 0.15) is 44.9 Å². The lowest BCUT2D eigenvalue weighted by molar-refractivity contribution is -0.129. The fourth-order valence-corrected chi connectivity index (χ4v) is 7.94. The zero-order valence-electron chi connectivity index (χ0n) is 12.9. The molecule has 0 amide bonds. The van der Waals surface area contributed by atoms with E-state index >= 15 is 0 Å². The fourth-order valence-electron chi connectivity index (χ4n) is 7.94. The number of allylic oxidation sites excluding steroid dienone is 4. The van der Waals surface area contributed by atoms with Gasteiger partial charge in [0.15, 0.2) is 11.6 Å². The maximum atomic E-state index is 12.7. The predicted molar refractivity (Wildman–Crippen MR) is 81.9 cm³/mol. The van der Waals surface area contributed by atoms with E-state index in [-0.39, 0.29) is 23.4 Å². The number of ketones is 2. The van der Waals surface area contributed by atoms with Crippen molar-refractivity contribution in [3.63, 3.8) is 0 Å². The van der Waals surface area contributed by atoms with Gasteiger partial charge in [0.2, 0.25) is 0 Å². The van der Waals surface area contributed by atoms with Crippen molar-refractivity contribution in [1.82, 2.24) is 0 Å². The molecule has 0 heterocycles. The van der Waals surface area contributed by atoms with Gasteiger partial charge in [-0.1, -0.05) is 24.0 Å². The molecule has 0 aromatic rings. The highest BCUT2D eigenvalue weighted by Gasteiger charge is 2.72. The summed E-state index contributed by atoms with van der Waals surface area (Å²) in [4.78, 5) is 25.4. The van der Waals surface area contributed by atoms with E-state index in [9.17, 15) is 9.59 Å². The van der Waals surface area contributed by atoms with Crippen LogP contribution < -0.4 is 0 Å². The van der Waals surface area contributed by atoms with E-state index in [2.05, 4.69) is 0 Å². The van der Waals surface area contributed by atoms with Crippen molar-refractivity contribution in [2.45, 2.75) is 44.9 Å². The van der Waals surface area contributed by atoms with Crippen molar-refractivity contribution in [2.24, 2.45) is 40.9 Å². The van der Waals surface area contributed by atoms with Gasteiger partial charge >= 0.3 is 0 Å². The van der Waals surface area contributed by atoms with E-state index in [1.807, 2.05) is 0 Å². The van der Waals surface area contributed by atoms with Gasteiger partial charge in [-0.15, -0.1) is 0 Å². The van der Waals surface area contributed by atoms with Crippen LogP contribution in [0.2, 0.25) is 0 Å². The summed E-state index contributed by atoms with van der Waals surface area (Å²) in [5.74, 6) is 2.96. The smallest absolute Gasteiger partial charge is 0.160 e. The van der Waals surface area contributed by atoms with Gasteiger partial charge in [0.25, 0.3) is 0 Å². The molecule has 114 valence electrons. The molecule has 6 atom stereocenters. The second kappa shape index (κ2) is 3.66. The maximum absolute atomic E-state index is 12.7. The molecule has 0 saturated heterocycles. The van der Waals surface area contributed by atoms with Crippen molar-refractivity contribution in [3.05, 3.63) is 23.3 Å². The Labute approximate surface area is 131 Å². The van der Waals surface area contributed by atoms with Crippen molar-refractivity contribution < 1.29 is 9.59 Å². The minimum absolute atomic E-state index is 0.0127. The largest absolute Gasteiger partial charge is 0.294 e. The highest BCUT2D eigenvalue weighted by molar-refractivity contribution is 6.08. The topological polar surface area (TPSA) is 34.1 Å². The van der Waals surface area contributed by atoms with Gasteiger partial charge in [0, 0.05) is 11.8 Å². The minimum atomic E-state index is 0.0127. The summed E-state index contributed by atoms with van der Waals surface area (Å²) >= 11 is 0. The first kappa shape index (κ1) is 12.3. The summed E-state index contributed by atoms with van der Waals surface area (Å²) in [6.07, 6.45) is 12.4. The fraction of sp³-hybridized carbons (Fsp3) is 0.700. The molecule has 6 aliphatic rings. The van der Waals surface area contributed by atoms with Crippen LogP contribution in [0.15, 0.2) is 23.3 Å². The molecule has 0 aromatic heterocycles. The minimum Gasteiger partial charge on any atom is -0.294 e. The van der Waals surface area contributed by atoms with Crippen LogP contribution in [0.3, 0.4) is 0 Å². The van der Waals surface area contributed by atoms with Gasteiger partial charge in [-0.2, -0.15) is 0 Å². The van der Waals surface area contributed by atoms with E-state index in [1.165, 1.54) is 44.9 Å². The van der Waals surface area contributed by atoms with Gasteiger partial charge in [-0.05, 0) is 73.3 Å². The Morgan fingerprint density at radius 3 is 1.82 bits per heavy atom. The van der Waals surface area contributed by atoms with Crippen LogP contribution in [0, 0.1) is 40.9 Å². The quantitative estimate of drug-likeness (QED) is 0.641. The highest BCUT2D eigenvalue weighted by atomic mass is 16.1. The molecule has 2 nitrogen and oxygen atoms in total. The lowest BCUT2D eigenvalue weighted by atomic mass is 9.67. The molecular weight excluding hydrogens is 272 g/mol. The highest BCUT2D eigenvalue weighted by Crippen LogP contribution is 2.77. The normalized spacial score (nSPS) is 49.6. The Morgan fingerprint density at radius 1 is 0.818 bits per heavy atom. The van der Waals surface area contributed by atoms with Crippen molar-refractivity contribution in [1.29, 1.82) is 0 Å². The van der Waals surface area contributed by atoms with Crippen LogP contribution in [0.4, 0.5) is 0 Å². The molecule has 0 N–H and O–H groups in total. The van der Waals surface area contributed by atoms with E-state index < -0.39 is 0 Å². The molecular formula is C20H22O2. The lowest BCUT2D eigenvalue weighted by Crippen LogP contribution is -2.38. The lowest BCUT2D eigenvalue weighted by Gasteiger charge is -2.35. The molecule has 6 aliphatic carbocycles. The van der Waals surface area contributed by atoms with Gasteiger partial charge in [-0.25, -0.2) is 0 Å². The summed E-state index contributed by atoms with van der Waals surface area (Å²) < 4.78 is 0. The van der Waals surface area contributed by atoms with E-state index in [0.29, 0.717) is 17.3 Å². The molecule has 3 saturated carbocycles. The van der Waals surface area contributed by atoms with E-state index in [0.717, 1.165) is 11.8 Å². The summed E-state index contributed by atoms with van der Waals surface area (Å²) in [5.41, 5.74) is 3.72. The summed E-state index contributed by atoms with van der Waals surface area (Å²) in [7, 11) is 0. The molecule has 6 rings (SSSR count). The SMILES string of the molecule is O=C1C=CC(=O)[C@H]2[C@H]1[C@H]1C3=C([C@H]4CC[C@H]3C4)[C@H]2C12CCCC2. The van der Waals surface area contributed by atoms with Gasteiger partial charge in [-0.3, -0.25) is 9.59 Å². The number of rotatable bonds is 0. The number of fused-ring (bicyclic) bond motifs is 9. The zero-order valence-corrected chi connectivity index (χ0v) is 12.9. The third-order valence-corrected chi connectivity index (χ3v) is 8.26. The van der Waals surface area contributed by atoms with Crippen molar-refractivity contribution in [3.8, 4) is 0 Å². The van der Waals surface area contributed by atoms with E-state index in [1.54, 1.807) is 23.3 Å². The van der Waals surface area contributed by atoms with Crippen molar-refractivity contribution in [2.75, 3.05) is 0 Å². The van der Waals surface area contributed by atoms with Gasteiger partial charge in [0.1, 0.15) is 0 Å². The molecule has 4 bridgehead atoms. The summed E-state index contributed by atoms with van der Waals surface area (Å²) in [6.45, 7) is 0. The first-order valence-corrected chi connectivity index (χ1v) is 9.22. The molecule has 0 radical (unpaired) electrons. The first-order chi connectivity index (χ1) is 10.7. The van der Waals surface area contributed by atoms with Crippen molar-refractivity contribution >= 4 is 11.6 Å². The summed E-state index contributed by atoms with van der Waals surface area (Å²) in [6, 6.07) is 0. The molecule has 0 unspecified atom stereocenters. The maximum Gasteiger partial charge on any atom is 0.160 e. The Balaban J connectivity index is 1.60. The monoisotopic (exact) mass is 294 g/mol. The van der Waals surface area contributed by atoms with Crippen LogP contribution in [0.25, 0.3) is 0 Å². The second-order valence-corrected chi connectivity index (χ2v) is 8.70. The zero-order chi connectivity index (χ0) is 14.6. The molecule has 3 fully saturated rings. The van der Waals surface area contributed by atoms with Gasteiger partial charge < -0.3 is 0 Å². The van der Waals surface area contributed by atoms with Crippen LogP contribution in [-0.4, -0.2) is 11.6 Å². The van der Waals surface area contributed by atoms with Gasteiger partial charge in [0.05, 0.1) is 0 Å². The Kier molecular flexibility index (Phi) is 2.04. The Bertz CT molecular complexity index is 626. The Hall–Kier alpha value is -1.18.